The molecule has 0 saturated carbocycles. The van der Waals surface area contributed by atoms with Crippen LogP contribution in [-0.4, -0.2) is 28.6 Å². The van der Waals surface area contributed by atoms with Gasteiger partial charge in [0.2, 0.25) is 0 Å². The molecule has 2 nitrogen and oxygen atoms in total. The van der Waals surface area contributed by atoms with Crippen LogP contribution in [0.2, 0.25) is 0 Å². The Balaban J connectivity index is 1.96. The molecule has 1 aromatic heterocycles. The van der Waals surface area contributed by atoms with Gasteiger partial charge in [-0.15, -0.1) is 11.3 Å². The molecule has 0 spiro atoms. The number of hydrogen-bond acceptors (Lipinski definition) is 4. The summed E-state index contributed by atoms with van der Waals surface area (Å²) in [4.78, 5) is 4.57. The minimum Gasteiger partial charge on any atom is -0.313 e. The summed E-state index contributed by atoms with van der Waals surface area (Å²) in [5.74, 6) is 1.34. The van der Waals surface area contributed by atoms with Gasteiger partial charge in [-0.2, -0.15) is 11.8 Å². The van der Waals surface area contributed by atoms with Crippen LogP contribution in [0.15, 0.2) is 5.38 Å². The molecule has 4 heteroatoms. The molecule has 0 bridgehead atoms. The number of likely N-dealkylation sites (N-methyl/N-ethyl adjacent to an activating group) is 1. The normalized spacial score (nSPS) is 22.5. The predicted molar refractivity (Wildman–Crippen MR) is 73.5 cm³/mol. The Morgan fingerprint density at radius 2 is 2.50 bits per heavy atom. The van der Waals surface area contributed by atoms with Crippen LogP contribution in [0.25, 0.3) is 0 Å². The molecular weight excluding hydrogens is 236 g/mol. The van der Waals surface area contributed by atoms with E-state index in [0.29, 0.717) is 6.04 Å². The third-order valence-corrected chi connectivity index (χ3v) is 5.45. The van der Waals surface area contributed by atoms with Crippen molar-refractivity contribution in [2.75, 3.05) is 12.3 Å². The van der Waals surface area contributed by atoms with Crippen molar-refractivity contribution in [3.05, 3.63) is 16.1 Å². The topological polar surface area (TPSA) is 24.9 Å². The number of aromatic nitrogens is 1. The first kappa shape index (κ1) is 12.4. The highest BCUT2D eigenvalue weighted by molar-refractivity contribution is 8.00. The maximum Gasteiger partial charge on any atom is 0.0944 e. The van der Waals surface area contributed by atoms with Crippen molar-refractivity contribution in [2.45, 2.75) is 44.4 Å². The lowest BCUT2D eigenvalue weighted by molar-refractivity contribution is 0.494. The molecule has 16 heavy (non-hydrogen) atoms. The molecule has 1 N–H and O–H groups in total. The molecule has 0 aliphatic carbocycles. The van der Waals surface area contributed by atoms with Crippen LogP contribution >= 0.6 is 23.1 Å². The van der Waals surface area contributed by atoms with Gasteiger partial charge in [-0.05, 0) is 32.1 Å². The standard InChI is InChI=1S/C12H20N2S2/c1-3-13-10(11-5-4-6-15-11)7-12-14-9(2)8-16-12/h8,10-11,13H,3-7H2,1-2H3. The van der Waals surface area contributed by atoms with Crippen LogP contribution in [0.1, 0.15) is 30.5 Å². The first-order valence-electron chi connectivity index (χ1n) is 6.05. The number of rotatable bonds is 5. The fourth-order valence-electron chi connectivity index (χ4n) is 2.20. The minimum absolute atomic E-state index is 0.614. The van der Waals surface area contributed by atoms with Gasteiger partial charge in [-0.3, -0.25) is 0 Å². The van der Waals surface area contributed by atoms with E-state index >= 15 is 0 Å². The Bertz CT molecular complexity index is 319. The molecule has 2 heterocycles. The van der Waals surface area contributed by atoms with Crippen molar-refractivity contribution in [3.63, 3.8) is 0 Å². The van der Waals surface area contributed by atoms with Crippen LogP contribution in [-0.2, 0) is 6.42 Å². The highest BCUT2D eigenvalue weighted by atomic mass is 32.2. The van der Waals surface area contributed by atoms with Gasteiger partial charge < -0.3 is 5.32 Å². The zero-order chi connectivity index (χ0) is 11.4. The second kappa shape index (κ2) is 6.03. The molecule has 2 unspecified atom stereocenters. The molecular formula is C12H20N2S2. The Morgan fingerprint density at radius 1 is 1.62 bits per heavy atom. The first-order chi connectivity index (χ1) is 7.79. The number of thioether (sulfide) groups is 1. The molecule has 2 atom stereocenters. The lowest BCUT2D eigenvalue weighted by Gasteiger charge is -2.22. The highest BCUT2D eigenvalue weighted by Gasteiger charge is 2.25. The number of aryl methyl sites for hydroxylation is 1. The summed E-state index contributed by atoms with van der Waals surface area (Å²) in [7, 11) is 0. The lowest BCUT2D eigenvalue weighted by atomic mass is 10.1. The predicted octanol–water partition coefficient (Wildman–Crippen LogP) is 2.87. The fraction of sp³-hybridized carbons (Fsp3) is 0.750. The van der Waals surface area contributed by atoms with Gasteiger partial charge in [0, 0.05) is 28.8 Å². The summed E-state index contributed by atoms with van der Waals surface area (Å²) in [6.45, 7) is 5.33. The molecule has 90 valence electrons. The summed E-state index contributed by atoms with van der Waals surface area (Å²) >= 11 is 3.93. The third kappa shape index (κ3) is 3.22. The molecule has 1 aliphatic rings. The Kier molecular flexibility index (Phi) is 4.67. The van der Waals surface area contributed by atoms with Gasteiger partial charge >= 0.3 is 0 Å². The van der Waals surface area contributed by atoms with E-state index in [1.807, 2.05) is 0 Å². The average Bonchev–Trinajstić information content (AvgIpc) is 2.88. The van der Waals surface area contributed by atoms with E-state index in [2.05, 4.69) is 41.3 Å². The van der Waals surface area contributed by atoms with E-state index in [9.17, 15) is 0 Å². The SMILES string of the molecule is CCNC(Cc1nc(C)cs1)C1CCCS1. The van der Waals surface area contributed by atoms with Gasteiger partial charge in [0.1, 0.15) is 0 Å². The van der Waals surface area contributed by atoms with Crippen LogP contribution in [0, 0.1) is 6.92 Å². The van der Waals surface area contributed by atoms with Gasteiger partial charge in [-0.1, -0.05) is 6.92 Å². The number of nitrogens with zero attached hydrogens (tertiary/aromatic N) is 1. The van der Waals surface area contributed by atoms with E-state index in [0.717, 1.165) is 23.9 Å². The van der Waals surface area contributed by atoms with Crippen molar-refractivity contribution >= 4 is 23.1 Å². The Morgan fingerprint density at radius 3 is 3.06 bits per heavy atom. The van der Waals surface area contributed by atoms with E-state index < -0.39 is 0 Å². The van der Waals surface area contributed by atoms with Crippen LogP contribution in [0.5, 0.6) is 0 Å². The van der Waals surface area contributed by atoms with Crippen LogP contribution in [0.4, 0.5) is 0 Å². The third-order valence-electron chi connectivity index (χ3n) is 2.94. The molecule has 1 aromatic rings. The lowest BCUT2D eigenvalue weighted by Crippen LogP contribution is -2.38. The van der Waals surface area contributed by atoms with Gasteiger partial charge in [0.05, 0.1) is 5.01 Å². The second-order valence-corrected chi connectivity index (χ2v) is 6.59. The molecule has 0 amide bonds. The summed E-state index contributed by atoms with van der Waals surface area (Å²) in [5, 5.41) is 7.86. The largest absolute Gasteiger partial charge is 0.313 e. The minimum atomic E-state index is 0.614. The summed E-state index contributed by atoms with van der Waals surface area (Å²) in [5.41, 5.74) is 1.16. The van der Waals surface area contributed by atoms with E-state index in [1.165, 1.54) is 23.6 Å². The van der Waals surface area contributed by atoms with Crippen molar-refractivity contribution < 1.29 is 0 Å². The molecule has 0 radical (unpaired) electrons. The quantitative estimate of drug-likeness (QED) is 0.877. The van der Waals surface area contributed by atoms with Crippen molar-refractivity contribution in [2.24, 2.45) is 0 Å². The number of nitrogens with one attached hydrogen (secondary N) is 1. The second-order valence-electron chi connectivity index (χ2n) is 4.30. The van der Waals surface area contributed by atoms with Crippen molar-refractivity contribution in [1.29, 1.82) is 0 Å². The Hall–Kier alpha value is -0.0600. The van der Waals surface area contributed by atoms with E-state index in [-0.39, 0.29) is 0 Å². The van der Waals surface area contributed by atoms with E-state index in [4.69, 9.17) is 0 Å². The van der Waals surface area contributed by atoms with Gasteiger partial charge in [0.15, 0.2) is 0 Å². The summed E-state index contributed by atoms with van der Waals surface area (Å²) in [6, 6.07) is 0.614. The Labute approximate surface area is 106 Å². The monoisotopic (exact) mass is 256 g/mol. The van der Waals surface area contributed by atoms with Crippen molar-refractivity contribution in [3.8, 4) is 0 Å². The maximum absolute atomic E-state index is 4.57. The zero-order valence-electron chi connectivity index (χ0n) is 10.0. The van der Waals surface area contributed by atoms with Crippen LogP contribution in [0.3, 0.4) is 0 Å². The summed E-state index contributed by atoms with van der Waals surface area (Å²) < 4.78 is 0. The highest BCUT2D eigenvalue weighted by Crippen LogP contribution is 2.30. The fourth-order valence-corrected chi connectivity index (χ4v) is 4.43. The molecule has 0 aromatic carbocycles. The molecule has 1 aliphatic heterocycles. The van der Waals surface area contributed by atoms with Crippen LogP contribution < -0.4 is 5.32 Å². The number of hydrogen-bond donors (Lipinski definition) is 1. The van der Waals surface area contributed by atoms with Crippen molar-refractivity contribution in [1.82, 2.24) is 10.3 Å². The smallest absolute Gasteiger partial charge is 0.0944 e. The molecule has 1 saturated heterocycles. The first-order valence-corrected chi connectivity index (χ1v) is 7.98. The zero-order valence-corrected chi connectivity index (χ0v) is 11.7. The molecule has 2 rings (SSSR count). The average molecular weight is 256 g/mol. The van der Waals surface area contributed by atoms with Gasteiger partial charge in [0.25, 0.3) is 0 Å². The van der Waals surface area contributed by atoms with Gasteiger partial charge in [-0.25, -0.2) is 4.98 Å². The number of thiazole rings is 1. The molecule has 1 fully saturated rings. The van der Waals surface area contributed by atoms with E-state index in [1.54, 1.807) is 11.3 Å². The summed E-state index contributed by atoms with van der Waals surface area (Å²) in [6.07, 6.45) is 3.85. The maximum atomic E-state index is 4.57.